The Balaban J connectivity index is 2.33. The molecule has 1 aliphatic rings. The molecule has 0 amide bonds. The number of nitrogens with two attached hydrogens (primary N) is 2. The van der Waals surface area contributed by atoms with Crippen molar-refractivity contribution in [1.82, 2.24) is 0 Å². The number of rotatable bonds is 4. The van der Waals surface area contributed by atoms with Crippen molar-refractivity contribution in [3.05, 3.63) is 24.3 Å². The van der Waals surface area contributed by atoms with Crippen molar-refractivity contribution in [1.29, 1.82) is 0 Å². The fourth-order valence-corrected chi connectivity index (χ4v) is 2.18. The van der Waals surface area contributed by atoms with Gasteiger partial charge in [0, 0.05) is 11.8 Å². The fourth-order valence-electron chi connectivity index (χ4n) is 2.18. The Bertz CT molecular complexity index is 550. The summed E-state index contributed by atoms with van der Waals surface area (Å²) in [6.45, 7) is 6.61. The van der Waals surface area contributed by atoms with Gasteiger partial charge in [0.1, 0.15) is 11.4 Å². The van der Waals surface area contributed by atoms with E-state index < -0.39 is 5.66 Å². The number of anilines is 1. The molecule has 0 radical (unpaired) electrons. The maximum Gasteiger partial charge on any atom is 0.220 e. The van der Waals surface area contributed by atoms with Crippen LogP contribution >= 0.6 is 0 Å². The van der Waals surface area contributed by atoms with Gasteiger partial charge in [-0.1, -0.05) is 13.0 Å². The molecule has 1 heterocycles. The van der Waals surface area contributed by atoms with Crippen LogP contribution in [0, 0.1) is 0 Å². The van der Waals surface area contributed by atoms with Gasteiger partial charge in [-0.3, -0.25) is 4.90 Å². The zero-order chi connectivity index (χ0) is 14.8. The molecule has 0 saturated heterocycles. The van der Waals surface area contributed by atoms with Crippen molar-refractivity contribution in [2.75, 3.05) is 11.5 Å². The third-order valence-corrected chi connectivity index (χ3v) is 2.94. The highest BCUT2D eigenvalue weighted by Gasteiger charge is 2.33. The quantitative estimate of drug-likeness (QED) is 0.874. The Kier molecular flexibility index (Phi) is 3.83. The minimum absolute atomic E-state index is 0.196. The molecule has 20 heavy (non-hydrogen) atoms. The van der Waals surface area contributed by atoms with E-state index in [1.54, 1.807) is 0 Å². The first kappa shape index (κ1) is 14.2. The molecule has 0 aromatic heterocycles. The molecule has 0 spiro atoms. The van der Waals surface area contributed by atoms with Gasteiger partial charge < -0.3 is 16.2 Å². The van der Waals surface area contributed by atoms with E-state index in [-0.39, 0.29) is 5.96 Å². The van der Waals surface area contributed by atoms with Crippen molar-refractivity contribution in [3.63, 3.8) is 0 Å². The van der Waals surface area contributed by atoms with Crippen LogP contribution in [0.3, 0.4) is 0 Å². The zero-order valence-electron chi connectivity index (χ0n) is 12.1. The molecule has 0 atom stereocenters. The molecule has 0 bridgehead atoms. The van der Waals surface area contributed by atoms with E-state index in [4.69, 9.17) is 16.2 Å². The van der Waals surface area contributed by atoms with Crippen LogP contribution in [0.5, 0.6) is 5.75 Å². The summed E-state index contributed by atoms with van der Waals surface area (Å²) in [5.74, 6) is 1.33. The van der Waals surface area contributed by atoms with Gasteiger partial charge in [-0.2, -0.15) is 4.99 Å². The lowest BCUT2D eigenvalue weighted by atomic mass is 10.1. The van der Waals surface area contributed by atoms with Crippen molar-refractivity contribution in [2.24, 2.45) is 21.5 Å². The van der Waals surface area contributed by atoms with E-state index in [2.05, 4.69) is 16.9 Å². The summed E-state index contributed by atoms with van der Waals surface area (Å²) in [6, 6.07) is 7.71. The van der Waals surface area contributed by atoms with Crippen LogP contribution in [0.1, 0.15) is 27.2 Å². The van der Waals surface area contributed by atoms with Crippen molar-refractivity contribution in [2.45, 2.75) is 32.9 Å². The monoisotopic (exact) mass is 275 g/mol. The number of ether oxygens (including phenoxy) is 1. The van der Waals surface area contributed by atoms with Crippen LogP contribution in [-0.4, -0.2) is 24.2 Å². The average molecular weight is 275 g/mol. The summed E-state index contributed by atoms with van der Waals surface area (Å²) in [6.07, 6.45) is 0.962. The number of nitrogens with zero attached hydrogens (tertiary/aromatic N) is 3. The number of hydrogen-bond donors (Lipinski definition) is 2. The molecular formula is C14H21N5O. The zero-order valence-corrected chi connectivity index (χ0v) is 12.1. The molecule has 0 saturated carbocycles. The van der Waals surface area contributed by atoms with Crippen LogP contribution in [0.2, 0.25) is 0 Å². The van der Waals surface area contributed by atoms with E-state index in [9.17, 15) is 0 Å². The first-order chi connectivity index (χ1) is 9.44. The van der Waals surface area contributed by atoms with Crippen molar-refractivity contribution >= 4 is 17.6 Å². The molecule has 4 N–H and O–H groups in total. The maximum absolute atomic E-state index is 6.00. The average Bonchev–Trinajstić information content (AvgIpc) is 2.34. The molecule has 1 aromatic carbocycles. The second kappa shape index (κ2) is 5.40. The van der Waals surface area contributed by atoms with E-state index in [1.807, 2.05) is 43.0 Å². The molecule has 6 nitrogen and oxygen atoms in total. The lowest BCUT2D eigenvalue weighted by Gasteiger charge is -2.38. The Morgan fingerprint density at radius 1 is 1.30 bits per heavy atom. The highest BCUT2D eigenvalue weighted by atomic mass is 16.5. The summed E-state index contributed by atoms with van der Waals surface area (Å²) in [7, 11) is 0. The summed E-state index contributed by atoms with van der Waals surface area (Å²) in [5, 5.41) is 0. The van der Waals surface area contributed by atoms with Crippen LogP contribution in [0.4, 0.5) is 5.69 Å². The molecule has 108 valence electrons. The Morgan fingerprint density at radius 3 is 2.70 bits per heavy atom. The second-order valence-electron chi connectivity index (χ2n) is 5.12. The summed E-state index contributed by atoms with van der Waals surface area (Å²) in [4.78, 5) is 10.2. The molecule has 0 unspecified atom stereocenters. The van der Waals surface area contributed by atoms with Gasteiger partial charge in [-0.15, -0.1) is 0 Å². The second-order valence-corrected chi connectivity index (χ2v) is 5.12. The summed E-state index contributed by atoms with van der Waals surface area (Å²) < 4.78 is 5.64. The topological polar surface area (TPSA) is 89.2 Å². The van der Waals surface area contributed by atoms with Crippen LogP contribution in [0.25, 0.3) is 0 Å². The van der Waals surface area contributed by atoms with E-state index in [0.29, 0.717) is 12.6 Å². The highest BCUT2D eigenvalue weighted by Crippen LogP contribution is 2.29. The fraction of sp³-hybridized carbons (Fsp3) is 0.429. The molecule has 6 heteroatoms. The first-order valence-corrected chi connectivity index (χ1v) is 6.66. The molecule has 2 rings (SSSR count). The normalized spacial score (nSPS) is 17.4. The smallest absolute Gasteiger partial charge is 0.220 e. The van der Waals surface area contributed by atoms with Gasteiger partial charge >= 0.3 is 0 Å². The van der Waals surface area contributed by atoms with Crippen LogP contribution in [-0.2, 0) is 0 Å². The van der Waals surface area contributed by atoms with Gasteiger partial charge in [-0.05, 0) is 32.4 Å². The molecule has 0 aliphatic carbocycles. The number of aliphatic imine (C=N–C) groups is 2. The standard InChI is InChI=1S/C14H21N5O/c1-4-8-20-11-7-5-6-10(9-11)19-13(16)17-12(15)18-14(19,2)3/h5-7,9H,4,8H2,1-3H3,(H4,15,16,17,18). The van der Waals surface area contributed by atoms with E-state index >= 15 is 0 Å². The highest BCUT2D eigenvalue weighted by molar-refractivity contribution is 6.05. The van der Waals surface area contributed by atoms with Crippen LogP contribution in [0.15, 0.2) is 34.3 Å². The lowest BCUT2D eigenvalue weighted by Crippen LogP contribution is -2.54. The van der Waals surface area contributed by atoms with Gasteiger partial charge in [0.05, 0.1) is 6.61 Å². The van der Waals surface area contributed by atoms with Gasteiger partial charge in [0.2, 0.25) is 11.9 Å². The van der Waals surface area contributed by atoms with Gasteiger partial charge in [-0.25, -0.2) is 4.99 Å². The van der Waals surface area contributed by atoms with Crippen molar-refractivity contribution in [3.8, 4) is 5.75 Å². The SMILES string of the molecule is CCCOc1cccc(N2C(N)=NC(N)=NC2(C)C)c1. The predicted molar refractivity (Wildman–Crippen MR) is 82.0 cm³/mol. The molecule has 0 fully saturated rings. The molecule has 1 aromatic rings. The van der Waals surface area contributed by atoms with Gasteiger partial charge in [0.25, 0.3) is 0 Å². The van der Waals surface area contributed by atoms with E-state index in [1.165, 1.54) is 0 Å². The maximum atomic E-state index is 6.00. The Labute approximate surface area is 119 Å². The number of guanidine groups is 2. The van der Waals surface area contributed by atoms with E-state index in [0.717, 1.165) is 17.9 Å². The summed E-state index contributed by atoms with van der Waals surface area (Å²) in [5.41, 5.74) is 12.0. The van der Waals surface area contributed by atoms with Crippen molar-refractivity contribution < 1.29 is 4.74 Å². The Morgan fingerprint density at radius 2 is 2.05 bits per heavy atom. The largest absolute Gasteiger partial charge is 0.494 e. The number of hydrogen-bond acceptors (Lipinski definition) is 6. The third kappa shape index (κ3) is 2.84. The van der Waals surface area contributed by atoms with Gasteiger partial charge in [0.15, 0.2) is 0 Å². The van der Waals surface area contributed by atoms with Crippen LogP contribution < -0.4 is 21.1 Å². The molecule has 1 aliphatic heterocycles. The minimum atomic E-state index is -0.584. The first-order valence-electron chi connectivity index (χ1n) is 6.66. The minimum Gasteiger partial charge on any atom is -0.494 e. The molecular weight excluding hydrogens is 254 g/mol. The Hall–Kier alpha value is -2.24. The lowest BCUT2D eigenvalue weighted by molar-refractivity contribution is 0.317. The number of benzene rings is 1. The third-order valence-electron chi connectivity index (χ3n) is 2.94. The predicted octanol–water partition coefficient (Wildman–Crippen LogP) is 1.66. The summed E-state index contributed by atoms with van der Waals surface area (Å²) >= 11 is 0.